The van der Waals surface area contributed by atoms with Crippen molar-refractivity contribution in [3.8, 4) is 5.75 Å². The van der Waals surface area contributed by atoms with Gasteiger partial charge in [-0.1, -0.05) is 38.1 Å². The summed E-state index contributed by atoms with van der Waals surface area (Å²) in [5.41, 5.74) is 1.72. The Hall–Kier alpha value is -1.36. The van der Waals surface area contributed by atoms with Crippen molar-refractivity contribution in [2.24, 2.45) is 11.8 Å². The molecule has 0 aliphatic heterocycles. The number of methoxy groups -OCH3 is 1. The van der Waals surface area contributed by atoms with Crippen molar-refractivity contribution in [1.29, 1.82) is 0 Å². The molecule has 4 atom stereocenters. The highest BCUT2D eigenvalue weighted by Crippen LogP contribution is 2.21. The van der Waals surface area contributed by atoms with Gasteiger partial charge in [0.15, 0.2) is 0 Å². The van der Waals surface area contributed by atoms with Gasteiger partial charge in [0.25, 0.3) is 0 Å². The minimum atomic E-state index is -0.695. The number of hydrogen-bond donors (Lipinski definition) is 2. The highest BCUT2D eigenvalue weighted by molar-refractivity contribution is 5.26. The first-order valence-electron chi connectivity index (χ1n) is 7.59. The molecule has 0 fully saturated rings. The molecule has 1 aromatic carbocycles. The minimum absolute atomic E-state index is 0.0674. The lowest BCUT2D eigenvalue weighted by Gasteiger charge is -2.28. The van der Waals surface area contributed by atoms with Gasteiger partial charge < -0.3 is 19.7 Å². The van der Waals surface area contributed by atoms with Crippen LogP contribution in [0.2, 0.25) is 0 Å². The lowest BCUT2D eigenvalue weighted by Crippen LogP contribution is -2.36. The maximum atomic E-state index is 10.3. The Morgan fingerprint density at radius 1 is 1.18 bits per heavy atom. The molecule has 22 heavy (non-hydrogen) atoms. The van der Waals surface area contributed by atoms with Crippen LogP contribution in [-0.4, -0.2) is 36.1 Å². The van der Waals surface area contributed by atoms with E-state index in [2.05, 4.69) is 6.58 Å². The average Bonchev–Trinajstić information content (AvgIpc) is 2.53. The molecule has 0 amide bonds. The second-order valence-electron chi connectivity index (χ2n) is 5.98. The predicted molar refractivity (Wildman–Crippen MR) is 87.8 cm³/mol. The standard InChI is InChI=1S/C18H28O4/c1-12(2)17(19)14(4)18(20)13(3)10-22-11-15-6-8-16(21-5)9-7-15/h6-9,13-14,17-20H,1,10-11H2,2-5H3/t13-,14-,17-,18-/m0/s1. The number of hydrogen-bond acceptors (Lipinski definition) is 4. The normalized spacial score (nSPS) is 16.6. The zero-order valence-electron chi connectivity index (χ0n) is 14.0. The van der Waals surface area contributed by atoms with E-state index in [0.717, 1.165) is 11.3 Å². The molecule has 0 saturated heterocycles. The van der Waals surface area contributed by atoms with Crippen molar-refractivity contribution < 1.29 is 19.7 Å². The smallest absolute Gasteiger partial charge is 0.118 e. The van der Waals surface area contributed by atoms with E-state index in [9.17, 15) is 10.2 Å². The topological polar surface area (TPSA) is 58.9 Å². The largest absolute Gasteiger partial charge is 0.497 e. The summed E-state index contributed by atoms with van der Waals surface area (Å²) in [4.78, 5) is 0. The summed E-state index contributed by atoms with van der Waals surface area (Å²) < 4.78 is 10.8. The van der Waals surface area contributed by atoms with Gasteiger partial charge in [-0.05, 0) is 24.6 Å². The van der Waals surface area contributed by atoms with Crippen molar-refractivity contribution in [3.05, 3.63) is 42.0 Å². The molecule has 4 nitrogen and oxygen atoms in total. The molecular formula is C18H28O4. The van der Waals surface area contributed by atoms with E-state index >= 15 is 0 Å². The average molecular weight is 308 g/mol. The van der Waals surface area contributed by atoms with Crippen molar-refractivity contribution in [1.82, 2.24) is 0 Å². The highest BCUT2D eigenvalue weighted by Gasteiger charge is 2.27. The molecule has 0 bridgehead atoms. The Labute approximate surface area is 133 Å². The maximum Gasteiger partial charge on any atom is 0.118 e. The van der Waals surface area contributed by atoms with Crippen LogP contribution in [0.15, 0.2) is 36.4 Å². The molecule has 0 aliphatic carbocycles. The molecule has 0 heterocycles. The van der Waals surface area contributed by atoms with Gasteiger partial charge in [0.2, 0.25) is 0 Å². The summed E-state index contributed by atoms with van der Waals surface area (Å²) in [5.74, 6) is 0.481. The predicted octanol–water partition coefficient (Wildman–Crippen LogP) is 2.78. The van der Waals surface area contributed by atoms with Gasteiger partial charge in [-0.3, -0.25) is 0 Å². The van der Waals surface area contributed by atoms with Crippen LogP contribution in [0.4, 0.5) is 0 Å². The van der Waals surface area contributed by atoms with Crippen LogP contribution in [0.1, 0.15) is 26.3 Å². The van der Waals surface area contributed by atoms with E-state index in [-0.39, 0.29) is 11.8 Å². The number of rotatable bonds is 9. The van der Waals surface area contributed by atoms with Crippen molar-refractivity contribution >= 4 is 0 Å². The monoisotopic (exact) mass is 308 g/mol. The van der Waals surface area contributed by atoms with Crippen LogP contribution in [-0.2, 0) is 11.3 Å². The van der Waals surface area contributed by atoms with E-state index in [1.54, 1.807) is 14.0 Å². The van der Waals surface area contributed by atoms with E-state index in [1.807, 2.05) is 38.1 Å². The third-order valence-corrected chi connectivity index (χ3v) is 3.93. The quantitative estimate of drug-likeness (QED) is 0.689. The molecule has 0 aromatic heterocycles. The Bertz CT molecular complexity index is 455. The van der Waals surface area contributed by atoms with E-state index < -0.39 is 12.2 Å². The van der Waals surface area contributed by atoms with Crippen LogP contribution >= 0.6 is 0 Å². The summed E-state index contributed by atoms with van der Waals surface area (Å²) in [5, 5.41) is 20.2. The lowest BCUT2D eigenvalue weighted by atomic mass is 9.87. The molecule has 0 unspecified atom stereocenters. The Kier molecular flexibility index (Phi) is 7.59. The molecule has 124 valence electrons. The van der Waals surface area contributed by atoms with Gasteiger partial charge in [0.05, 0.1) is 32.5 Å². The van der Waals surface area contributed by atoms with Crippen molar-refractivity contribution in [2.45, 2.75) is 39.6 Å². The summed E-state index contributed by atoms with van der Waals surface area (Å²) in [6, 6.07) is 7.69. The van der Waals surface area contributed by atoms with Crippen LogP contribution in [0.3, 0.4) is 0 Å². The first-order valence-corrected chi connectivity index (χ1v) is 7.59. The van der Waals surface area contributed by atoms with Crippen LogP contribution < -0.4 is 4.74 Å². The lowest BCUT2D eigenvalue weighted by molar-refractivity contribution is -0.0253. The molecule has 0 saturated carbocycles. The van der Waals surface area contributed by atoms with E-state index in [0.29, 0.717) is 18.8 Å². The number of aliphatic hydroxyl groups excluding tert-OH is 2. The first-order chi connectivity index (χ1) is 10.4. The van der Waals surface area contributed by atoms with Crippen molar-refractivity contribution in [3.63, 3.8) is 0 Å². The summed E-state index contributed by atoms with van der Waals surface area (Å²) >= 11 is 0. The molecule has 1 rings (SSSR count). The molecule has 0 spiro atoms. The first kappa shape index (κ1) is 18.7. The van der Waals surface area contributed by atoms with E-state index in [1.165, 1.54) is 0 Å². The Morgan fingerprint density at radius 2 is 1.77 bits per heavy atom. The zero-order chi connectivity index (χ0) is 16.7. The third-order valence-electron chi connectivity index (χ3n) is 3.93. The molecule has 2 N–H and O–H groups in total. The van der Waals surface area contributed by atoms with Gasteiger partial charge in [0, 0.05) is 11.8 Å². The highest BCUT2D eigenvalue weighted by atomic mass is 16.5. The third kappa shape index (κ3) is 5.44. The Morgan fingerprint density at radius 3 is 2.27 bits per heavy atom. The Balaban J connectivity index is 2.41. The SMILES string of the molecule is C=C(C)[C@H](O)[C@H](C)[C@@H](O)[C@@H](C)COCc1ccc(OC)cc1. The molecule has 0 radical (unpaired) electrons. The molecule has 1 aromatic rings. The van der Waals surface area contributed by atoms with Gasteiger partial charge in [-0.25, -0.2) is 0 Å². The van der Waals surface area contributed by atoms with Gasteiger partial charge in [-0.2, -0.15) is 0 Å². The maximum absolute atomic E-state index is 10.3. The molecule has 0 aliphatic rings. The molecular weight excluding hydrogens is 280 g/mol. The fourth-order valence-electron chi connectivity index (χ4n) is 2.34. The summed E-state index contributed by atoms with van der Waals surface area (Å²) in [6.45, 7) is 10.1. The second kappa shape index (κ2) is 8.93. The zero-order valence-corrected chi connectivity index (χ0v) is 14.0. The molecule has 4 heteroatoms. The van der Waals surface area contributed by atoms with Gasteiger partial charge in [-0.15, -0.1) is 0 Å². The van der Waals surface area contributed by atoms with E-state index in [4.69, 9.17) is 9.47 Å². The van der Waals surface area contributed by atoms with Gasteiger partial charge in [0.1, 0.15) is 5.75 Å². The van der Waals surface area contributed by atoms with Gasteiger partial charge >= 0.3 is 0 Å². The minimum Gasteiger partial charge on any atom is -0.497 e. The van der Waals surface area contributed by atoms with Crippen LogP contribution in [0.25, 0.3) is 0 Å². The fraction of sp³-hybridized carbons (Fsp3) is 0.556. The van der Waals surface area contributed by atoms with Crippen molar-refractivity contribution in [2.75, 3.05) is 13.7 Å². The number of ether oxygens (including phenoxy) is 2. The summed E-state index contributed by atoms with van der Waals surface area (Å²) in [6.07, 6.45) is -1.33. The van der Waals surface area contributed by atoms with Crippen LogP contribution in [0, 0.1) is 11.8 Å². The fourth-order valence-corrected chi connectivity index (χ4v) is 2.34. The second-order valence-corrected chi connectivity index (χ2v) is 5.98. The summed E-state index contributed by atoms with van der Waals surface area (Å²) in [7, 11) is 1.63. The van der Waals surface area contributed by atoms with Crippen LogP contribution in [0.5, 0.6) is 5.75 Å². The number of benzene rings is 1. The number of aliphatic hydroxyl groups is 2.